The van der Waals surface area contributed by atoms with E-state index in [9.17, 15) is 14.4 Å². The van der Waals surface area contributed by atoms with E-state index in [1.165, 1.54) is 13.8 Å². The summed E-state index contributed by atoms with van der Waals surface area (Å²) in [7, 11) is 0. The number of carbonyl (C=O) groups is 3. The second-order valence-corrected chi connectivity index (χ2v) is 2.76. The molecule has 2 atom stereocenters. The first kappa shape index (κ1) is 10.8. The molecule has 0 aliphatic carbocycles. The first-order valence-electron chi connectivity index (χ1n) is 3.72. The van der Waals surface area contributed by atoms with Crippen molar-refractivity contribution in [3.63, 3.8) is 0 Å². The van der Waals surface area contributed by atoms with E-state index in [1.54, 1.807) is 6.92 Å². The van der Waals surface area contributed by atoms with Crippen LogP contribution in [-0.4, -0.2) is 24.0 Å². The van der Waals surface area contributed by atoms with Gasteiger partial charge in [0.1, 0.15) is 12.1 Å². The zero-order valence-electron chi connectivity index (χ0n) is 7.46. The van der Waals surface area contributed by atoms with Crippen LogP contribution in [0.5, 0.6) is 0 Å². The maximum atomic E-state index is 10.8. The van der Waals surface area contributed by atoms with Crippen molar-refractivity contribution in [3.8, 4) is 0 Å². The number of nitrogens with one attached hydrogen (secondary N) is 1. The molecule has 0 bridgehead atoms. The van der Waals surface area contributed by atoms with Gasteiger partial charge in [-0.1, -0.05) is 0 Å². The minimum atomic E-state index is -0.728. The molecule has 68 valence electrons. The third-order valence-electron chi connectivity index (χ3n) is 1.59. The van der Waals surface area contributed by atoms with Crippen LogP contribution in [0.3, 0.4) is 0 Å². The summed E-state index contributed by atoms with van der Waals surface area (Å²) in [6, 6.07) is -0.419. The third-order valence-corrected chi connectivity index (χ3v) is 1.59. The largest absolute Gasteiger partial charge is 0.353 e. The molecule has 0 aliphatic heterocycles. The molecular weight excluding hydrogens is 158 g/mol. The molecular formula is C8H13NO3. The molecule has 1 N–H and O–H groups in total. The predicted octanol–water partition coefficient (Wildman–Crippen LogP) is -0.0849. The maximum Gasteiger partial charge on any atom is 0.217 e. The second kappa shape index (κ2) is 4.64. The Morgan fingerprint density at radius 1 is 1.33 bits per heavy atom. The lowest BCUT2D eigenvalue weighted by Gasteiger charge is -2.16. The average Bonchev–Trinajstić information content (AvgIpc) is 1.85. The van der Waals surface area contributed by atoms with Gasteiger partial charge in [-0.25, -0.2) is 0 Å². The number of hydrogen-bond acceptors (Lipinski definition) is 3. The molecule has 1 amide bonds. The average molecular weight is 171 g/mol. The molecule has 2 unspecified atom stereocenters. The summed E-state index contributed by atoms with van der Waals surface area (Å²) in [6.45, 7) is 4.30. The lowest BCUT2D eigenvalue weighted by atomic mass is 9.99. The van der Waals surface area contributed by atoms with E-state index in [0.717, 1.165) is 0 Å². The molecule has 12 heavy (non-hydrogen) atoms. The van der Waals surface area contributed by atoms with Crippen LogP contribution in [-0.2, 0) is 14.4 Å². The zero-order chi connectivity index (χ0) is 9.72. The van der Waals surface area contributed by atoms with Gasteiger partial charge in [-0.2, -0.15) is 0 Å². The normalized spacial score (nSPS) is 14.6. The SMILES string of the molecule is CC(=O)NC(C)C(C=O)C(C)=O. The fourth-order valence-corrected chi connectivity index (χ4v) is 0.976. The van der Waals surface area contributed by atoms with E-state index in [0.29, 0.717) is 6.29 Å². The Balaban J connectivity index is 4.21. The lowest BCUT2D eigenvalue weighted by molar-refractivity contribution is -0.127. The highest BCUT2D eigenvalue weighted by molar-refractivity contribution is 5.92. The molecule has 0 fully saturated rings. The number of amides is 1. The fourth-order valence-electron chi connectivity index (χ4n) is 0.976. The molecule has 4 heteroatoms. The molecule has 0 saturated carbocycles. The number of Topliss-reactive ketones (excluding diaryl/α,β-unsaturated/α-hetero) is 1. The van der Waals surface area contributed by atoms with Gasteiger partial charge < -0.3 is 10.1 Å². The topological polar surface area (TPSA) is 63.2 Å². The van der Waals surface area contributed by atoms with E-state index in [-0.39, 0.29) is 11.7 Å². The lowest BCUT2D eigenvalue weighted by Crippen LogP contribution is -2.40. The highest BCUT2D eigenvalue weighted by atomic mass is 16.2. The summed E-state index contributed by atoms with van der Waals surface area (Å²) in [4.78, 5) is 31.8. The van der Waals surface area contributed by atoms with Gasteiger partial charge in [0.25, 0.3) is 0 Å². The summed E-state index contributed by atoms with van der Waals surface area (Å²) in [5.41, 5.74) is 0. The standard InChI is InChI=1S/C8H13NO3/c1-5(9-7(3)12)8(4-10)6(2)11/h4-5,8H,1-3H3,(H,9,12). The molecule has 0 aromatic heterocycles. The summed E-state index contributed by atoms with van der Waals surface area (Å²) >= 11 is 0. The molecule has 0 aliphatic rings. The Kier molecular flexibility index (Phi) is 4.18. The van der Waals surface area contributed by atoms with Crippen molar-refractivity contribution in [3.05, 3.63) is 0 Å². The molecule has 0 aromatic rings. The number of hydrogen-bond donors (Lipinski definition) is 1. The van der Waals surface area contributed by atoms with Crippen molar-refractivity contribution < 1.29 is 14.4 Å². The number of rotatable bonds is 4. The van der Waals surface area contributed by atoms with E-state index >= 15 is 0 Å². The van der Waals surface area contributed by atoms with Gasteiger partial charge in [-0.05, 0) is 13.8 Å². The highest BCUT2D eigenvalue weighted by Crippen LogP contribution is 2.01. The minimum Gasteiger partial charge on any atom is -0.353 e. The van der Waals surface area contributed by atoms with Crippen molar-refractivity contribution in [1.82, 2.24) is 5.32 Å². The van der Waals surface area contributed by atoms with Gasteiger partial charge >= 0.3 is 0 Å². The van der Waals surface area contributed by atoms with Crippen molar-refractivity contribution in [2.45, 2.75) is 26.8 Å². The summed E-state index contributed by atoms with van der Waals surface area (Å²) < 4.78 is 0. The summed E-state index contributed by atoms with van der Waals surface area (Å²) in [5.74, 6) is -1.20. The molecule has 0 heterocycles. The fraction of sp³-hybridized carbons (Fsp3) is 0.625. The van der Waals surface area contributed by atoms with Crippen LogP contribution in [0, 0.1) is 5.92 Å². The van der Waals surface area contributed by atoms with Crippen molar-refractivity contribution >= 4 is 18.0 Å². The Labute approximate surface area is 71.3 Å². The van der Waals surface area contributed by atoms with Crippen LogP contribution in [0.2, 0.25) is 0 Å². The Morgan fingerprint density at radius 3 is 2.08 bits per heavy atom. The van der Waals surface area contributed by atoms with Crippen LogP contribution < -0.4 is 5.32 Å². The third kappa shape index (κ3) is 3.27. The smallest absolute Gasteiger partial charge is 0.217 e. The van der Waals surface area contributed by atoms with Crippen LogP contribution in [0.25, 0.3) is 0 Å². The van der Waals surface area contributed by atoms with Gasteiger partial charge in [0.2, 0.25) is 5.91 Å². The van der Waals surface area contributed by atoms with E-state index in [4.69, 9.17) is 0 Å². The summed E-state index contributed by atoms with van der Waals surface area (Å²) in [5, 5.41) is 2.48. The van der Waals surface area contributed by atoms with Crippen LogP contribution >= 0.6 is 0 Å². The van der Waals surface area contributed by atoms with Gasteiger partial charge in [-0.15, -0.1) is 0 Å². The molecule has 0 aromatic carbocycles. The first-order valence-corrected chi connectivity index (χ1v) is 3.72. The second-order valence-electron chi connectivity index (χ2n) is 2.76. The van der Waals surface area contributed by atoms with Crippen molar-refractivity contribution in [1.29, 1.82) is 0 Å². The van der Waals surface area contributed by atoms with E-state index in [1.807, 2.05) is 0 Å². The Morgan fingerprint density at radius 2 is 1.83 bits per heavy atom. The van der Waals surface area contributed by atoms with Gasteiger partial charge in [0, 0.05) is 13.0 Å². The van der Waals surface area contributed by atoms with Crippen LogP contribution in [0.4, 0.5) is 0 Å². The predicted molar refractivity (Wildman–Crippen MR) is 43.5 cm³/mol. The van der Waals surface area contributed by atoms with Crippen molar-refractivity contribution in [2.24, 2.45) is 5.92 Å². The number of aldehydes is 1. The Hall–Kier alpha value is -1.19. The monoisotopic (exact) mass is 171 g/mol. The van der Waals surface area contributed by atoms with Gasteiger partial charge in [0.15, 0.2) is 0 Å². The minimum absolute atomic E-state index is 0.230. The first-order chi connectivity index (χ1) is 5.49. The molecule has 4 nitrogen and oxygen atoms in total. The molecule has 0 saturated heterocycles. The maximum absolute atomic E-state index is 10.8. The highest BCUT2D eigenvalue weighted by Gasteiger charge is 2.21. The molecule has 0 spiro atoms. The van der Waals surface area contributed by atoms with Gasteiger partial charge in [0.05, 0.1) is 5.92 Å². The Bertz CT molecular complexity index is 200. The van der Waals surface area contributed by atoms with E-state index < -0.39 is 12.0 Å². The van der Waals surface area contributed by atoms with Gasteiger partial charge in [-0.3, -0.25) is 9.59 Å². The number of carbonyl (C=O) groups excluding carboxylic acids is 3. The van der Waals surface area contributed by atoms with E-state index in [2.05, 4.69) is 5.32 Å². The number of ketones is 1. The summed E-state index contributed by atoms with van der Waals surface area (Å²) in [6.07, 6.45) is 0.558. The molecule has 0 radical (unpaired) electrons. The quantitative estimate of drug-likeness (QED) is 0.475. The zero-order valence-corrected chi connectivity index (χ0v) is 7.46. The van der Waals surface area contributed by atoms with Crippen LogP contribution in [0.1, 0.15) is 20.8 Å². The van der Waals surface area contributed by atoms with Crippen molar-refractivity contribution in [2.75, 3.05) is 0 Å². The van der Waals surface area contributed by atoms with Crippen LogP contribution in [0.15, 0.2) is 0 Å². The molecule has 0 rings (SSSR count).